The maximum atomic E-state index is 5.08. The van der Waals surface area contributed by atoms with Crippen LogP contribution in [0.2, 0.25) is 0 Å². The third kappa shape index (κ3) is 3.45. The minimum absolute atomic E-state index is 0.227. The monoisotopic (exact) mass is 175 g/mol. The van der Waals surface area contributed by atoms with E-state index in [-0.39, 0.29) is 6.10 Å². The Labute approximate surface area is 72.8 Å². The lowest BCUT2D eigenvalue weighted by Crippen LogP contribution is -2.21. The number of hydrogen-bond donors (Lipinski definition) is 1. The van der Waals surface area contributed by atoms with E-state index in [2.05, 4.69) is 11.8 Å². The summed E-state index contributed by atoms with van der Waals surface area (Å²) in [5, 5.41) is 0.794. The van der Waals surface area contributed by atoms with E-state index < -0.39 is 0 Å². The van der Waals surface area contributed by atoms with Crippen LogP contribution in [0.3, 0.4) is 0 Å². The molecule has 2 nitrogen and oxygen atoms in total. The zero-order chi connectivity index (χ0) is 8.10. The molecule has 0 radical (unpaired) electrons. The molecular formula is C8H17NOS. The van der Waals surface area contributed by atoms with Crippen LogP contribution >= 0.6 is 11.8 Å². The summed E-state index contributed by atoms with van der Waals surface area (Å²) in [4.78, 5) is 4.74. The second-order valence-electron chi connectivity index (χ2n) is 3.17. The molecule has 1 fully saturated rings. The standard InChI is InChI=1S/C8H17NOS/c1-7(10-9)6-8-4-2-3-5-11-8/h7-8H,2-6,9H2,1H3. The van der Waals surface area contributed by atoms with Crippen LogP contribution in [0.25, 0.3) is 0 Å². The number of rotatable bonds is 3. The van der Waals surface area contributed by atoms with E-state index in [0.29, 0.717) is 0 Å². The lowest BCUT2D eigenvalue weighted by atomic mass is 10.1. The molecule has 11 heavy (non-hydrogen) atoms. The zero-order valence-corrected chi connectivity index (χ0v) is 7.90. The molecule has 2 atom stereocenters. The molecule has 1 saturated heterocycles. The minimum Gasteiger partial charge on any atom is -0.302 e. The van der Waals surface area contributed by atoms with Crippen molar-refractivity contribution in [3.63, 3.8) is 0 Å². The van der Waals surface area contributed by atoms with E-state index >= 15 is 0 Å². The smallest absolute Gasteiger partial charge is 0.0769 e. The second-order valence-corrected chi connectivity index (χ2v) is 4.58. The van der Waals surface area contributed by atoms with E-state index in [9.17, 15) is 0 Å². The molecular weight excluding hydrogens is 158 g/mol. The van der Waals surface area contributed by atoms with Gasteiger partial charge in [-0.25, -0.2) is 5.90 Å². The summed E-state index contributed by atoms with van der Waals surface area (Å²) < 4.78 is 0. The summed E-state index contributed by atoms with van der Waals surface area (Å²) in [6.07, 6.45) is 5.46. The lowest BCUT2D eigenvalue weighted by molar-refractivity contribution is 0.0598. The largest absolute Gasteiger partial charge is 0.302 e. The van der Waals surface area contributed by atoms with Gasteiger partial charge in [-0.1, -0.05) is 6.42 Å². The topological polar surface area (TPSA) is 35.2 Å². The summed E-state index contributed by atoms with van der Waals surface area (Å²) >= 11 is 2.07. The molecule has 0 aromatic rings. The van der Waals surface area contributed by atoms with Crippen LogP contribution in [-0.2, 0) is 4.84 Å². The second kappa shape index (κ2) is 5.01. The Bertz CT molecular complexity index is 104. The highest BCUT2D eigenvalue weighted by Gasteiger charge is 2.16. The van der Waals surface area contributed by atoms with Crippen LogP contribution in [-0.4, -0.2) is 17.1 Å². The summed E-state index contributed by atoms with van der Waals surface area (Å²) in [5.41, 5.74) is 0. The van der Waals surface area contributed by atoms with Gasteiger partial charge in [-0.05, 0) is 31.9 Å². The highest BCUT2D eigenvalue weighted by Crippen LogP contribution is 2.28. The van der Waals surface area contributed by atoms with Gasteiger partial charge in [-0.3, -0.25) is 0 Å². The van der Waals surface area contributed by atoms with E-state index in [4.69, 9.17) is 10.7 Å². The Balaban J connectivity index is 2.13. The van der Waals surface area contributed by atoms with Gasteiger partial charge in [0, 0.05) is 5.25 Å². The van der Waals surface area contributed by atoms with Crippen molar-refractivity contribution in [2.24, 2.45) is 5.90 Å². The zero-order valence-electron chi connectivity index (χ0n) is 7.08. The number of nitrogens with two attached hydrogens (primary N) is 1. The molecule has 0 aromatic carbocycles. The van der Waals surface area contributed by atoms with Crippen LogP contribution in [0, 0.1) is 0 Å². The highest BCUT2D eigenvalue weighted by atomic mass is 32.2. The van der Waals surface area contributed by atoms with Gasteiger partial charge in [0.2, 0.25) is 0 Å². The van der Waals surface area contributed by atoms with Crippen molar-refractivity contribution in [3.05, 3.63) is 0 Å². The molecule has 1 rings (SSSR count). The highest BCUT2D eigenvalue weighted by molar-refractivity contribution is 7.99. The van der Waals surface area contributed by atoms with Crippen molar-refractivity contribution in [1.82, 2.24) is 0 Å². The fourth-order valence-electron chi connectivity index (χ4n) is 1.42. The van der Waals surface area contributed by atoms with Crippen molar-refractivity contribution >= 4 is 11.8 Å². The van der Waals surface area contributed by atoms with Gasteiger partial charge in [0.05, 0.1) is 6.10 Å². The van der Waals surface area contributed by atoms with Crippen molar-refractivity contribution in [2.45, 2.75) is 44.0 Å². The molecule has 0 aromatic heterocycles. The van der Waals surface area contributed by atoms with E-state index in [1.165, 1.54) is 25.0 Å². The number of thioether (sulfide) groups is 1. The molecule has 0 saturated carbocycles. The Hall–Kier alpha value is 0.270. The molecule has 1 heterocycles. The van der Waals surface area contributed by atoms with E-state index in [1.54, 1.807) is 0 Å². The van der Waals surface area contributed by atoms with Crippen molar-refractivity contribution < 1.29 is 4.84 Å². The molecule has 2 N–H and O–H groups in total. The van der Waals surface area contributed by atoms with Crippen molar-refractivity contribution in [1.29, 1.82) is 0 Å². The SMILES string of the molecule is CC(CC1CCCCS1)ON. The van der Waals surface area contributed by atoms with Crippen LogP contribution in [0.4, 0.5) is 0 Å². The maximum absolute atomic E-state index is 5.08. The maximum Gasteiger partial charge on any atom is 0.0769 e. The average Bonchev–Trinajstić information content (AvgIpc) is 2.06. The fraction of sp³-hybridized carbons (Fsp3) is 1.00. The van der Waals surface area contributed by atoms with Gasteiger partial charge in [0.1, 0.15) is 0 Å². The molecule has 1 aliphatic heterocycles. The van der Waals surface area contributed by atoms with E-state index in [1.807, 2.05) is 6.92 Å². The van der Waals surface area contributed by atoms with Crippen LogP contribution < -0.4 is 5.90 Å². The van der Waals surface area contributed by atoms with E-state index in [0.717, 1.165) is 11.7 Å². The molecule has 0 amide bonds. The van der Waals surface area contributed by atoms with Crippen molar-refractivity contribution in [3.8, 4) is 0 Å². The lowest BCUT2D eigenvalue weighted by Gasteiger charge is -2.23. The Kier molecular flexibility index (Phi) is 4.26. The first kappa shape index (κ1) is 9.36. The predicted octanol–water partition coefficient (Wildman–Crippen LogP) is 1.94. The first-order valence-electron chi connectivity index (χ1n) is 4.30. The van der Waals surface area contributed by atoms with Crippen molar-refractivity contribution in [2.75, 3.05) is 5.75 Å². The van der Waals surface area contributed by atoms with Gasteiger partial charge in [0.25, 0.3) is 0 Å². The minimum atomic E-state index is 0.227. The van der Waals surface area contributed by atoms with Gasteiger partial charge >= 0.3 is 0 Å². The quantitative estimate of drug-likeness (QED) is 0.666. The first-order valence-corrected chi connectivity index (χ1v) is 5.35. The summed E-state index contributed by atoms with van der Waals surface area (Å²) in [6.45, 7) is 2.04. The van der Waals surface area contributed by atoms with Crippen LogP contribution in [0.15, 0.2) is 0 Å². The molecule has 2 unspecified atom stereocenters. The molecule has 66 valence electrons. The van der Waals surface area contributed by atoms with Gasteiger partial charge in [-0.2, -0.15) is 11.8 Å². The molecule has 1 aliphatic rings. The normalized spacial score (nSPS) is 28.4. The predicted molar refractivity (Wildman–Crippen MR) is 49.4 cm³/mol. The average molecular weight is 175 g/mol. The fourth-order valence-corrected chi connectivity index (χ4v) is 2.86. The Morgan fingerprint density at radius 1 is 1.64 bits per heavy atom. The Morgan fingerprint density at radius 2 is 2.45 bits per heavy atom. The molecule has 0 bridgehead atoms. The summed E-state index contributed by atoms with van der Waals surface area (Å²) in [5.74, 6) is 6.40. The molecule has 0 aliphatic carbocycles. The molecule has 0 spiro atoms. The van der Waals surface area contributed by atoms with Gasteiger partial charge < -0.3 is 4.84 Å². The van der Waals surface area contributed by atoms with Crippen LogP contribution in [0.1, 0.15) is 32.6 Å². The Morgan fingerprint density at radius 3 is 3.00 bits per heavy atom. The summed E-state index contributed by atoms with van der Waals surface area (Å²) in [6, 6.07) is 0. The molecule has 3 heteroatoms. The summed E-state index contributed by atoms with van der Waals surface area (Å²) in [7, 11) is 0. The first-order chi connectivity index (χ1) is 5.33. The number of hydrogen-bond acceptors (Lipinski definition) is 3. The third-order valence-corrected chi connectivity index (χ3v) is 3.53. The third-order valence-electron chi connectivity index (χ3n) is 2.10. The van der Waals surface area contributed by atoms with Gasteiger partial charge in [0.15, 0.2) is 0 Å². The van der Waals surface area contributed by atoms with Gasteiger partial charge in [-0.15, -0.1) is 0 Å². The van der Waals surface area contributed by atoms with Crippen LogP contribution in [0.5, 0.6) is 0 Å².